The number of thiazole rings is 1. The molecule has 0 unspecified atom stereocenters. The minimum Gasteiger partial charge on any atom is -0.492 e. The van der Waals surface area contributed by atoms with Crippen LogP contribution < -0.4 is 4.74 Å². The average Bonchev–Trinajstić information content (AvgIpc) is 2.97. The highest BCUT2D eigenvalue weighted by Gasteiger charge is 2.15. The molecule has 0 saturated carbocycles. The summed E-state index contributed by atoms with van der Waals surface area (Å²) in [7, 11) is 0. The fraction of sp³-hybridized carbons (Fsp3) is 0.286. The Kier molecular flexibility index (Phi) is 3.40. The maximum atomic E-state index is 6.26. The number of aryl methyl sites for hydroxylation is 2. The fourth-order valence-electron chi connectivity index (χ4n) is 2.13. The molecule has 3 aromatic rings. The average molecular weight is 308 g/mol. The molecular formula is C14H14ClN3OS. The fourth-order valence-corrected chi connectivity index (χ4v) is 3.39. The van der Waals surface area contributed by atoms with Crippen LogP contribution in [0.2, 0.25) is 5.02 Å². The van der Waals surface area contributed by atoms with Gasteiger partial charge in [0, 0.05) is 5.69 Å². The van der Waals surface area contributed by atoms with Gasteiger partial charge in [0.2, 0.25) is 5.13 Å². The highest BCUT2D eigenvalue weighted by Crippen LogP contribution is 2.36. The third kappa shape index (κ3) is 2.17. The van der Waals surface area contributed by atoms with E-state index in [0.717, 1.165) is 32.5 Å². The van der Waals surface area contributed by atoms with E-state index in [1.165, 1.54) is 11.3 Å². The first-order valence-electron chi connectivity index (χ1n) is 6.35. The maximum Gasteiger partial charge on any atom is 0.211 e. The summed E-state index contributed by atoms with van der Waals surface area (Å²) in [4.78, 5) is 4.65. The third-order valence-corrected chi connectivity index (χ3v) is 4.43. The molecule has 1 aromatic carbocycles. The lowest BCUT2D eigenvalue weighted by Crippen LogP contribution is -1.98. The second-order valence-corrected chi connectivity index (χ2v) is 5.88. The predicted molar refractivity (Wildman–Crippen MR) is 82.4 cm³/mol. The summed E-state index contributed by atoms with van der Waals surface area (Å²) in [5, 5.41) is 5.96. The van der Waals surface area contributed by atoms with Gasteiger partial charge in [0.15, 0.2) is 0 Å². The molecule has 0 spiro atoms. The summed E-state index contributed by atoms with van der Waals surface area (Å²) >= 11 is 7.78. The molecule has 0 atom stereocenters. The summed E-state index contributed by atoms with van der Waals surface area (Å²) in [6.45, 7) is 6.53. The second kappa shape index (κ2) is 5.07. The number of ether oxygens (including phenoxy) is 1. The van der Waals surface area contributed by atoms with Gasteiger partial charge in [-0.05, 0) is 39.0 Å². The van der Waals surface area contributed by atoms with Gasteiger partial charge in [-0.15, -0.1) is 0 Å². The van der Waals surface area contributed by atoms with Crippen LogP contribution in [0.3, 0.4) is 0 Å². The molecule has 0 amide bonds. The molecule has 20 heavy (non-hydrogen) atoms. The summed E-state index contributed by atoms with van der Waals surface area (Å²) in [6, 6.07) is 5.73. The molecule has 0 radical (unpaired) electrons. The molecule has 0 fully saturated rings. The van der Waals surface area contributed by atoms with Crippen LogP contribution >= 0.6 is 22.9 Å². The number of halogens is 1. The monoisotopic (exact) mass is 307 g/mol. The van der Waals surface area contributed by atoms with Crippen molar-refractivity contribution < 1.29 is 4.74 Å². The molecule has 2 heterocycles. The van der Waals surface area contributed by atoms with Crippen molar-refractivity contribution in [2.75, 3.05) is 6.61 Å². The summed E-state index contributed by atoms with van der Waals surface area (Å²) in [5.74, 6) is 0.760. The van der Waals surface area contributed by atoms with Crippen LogP contribution in [0.15, 0.2) is 18.2 Å². The number of nitrogens with zero attached hydrogens (tertiary/aromatic N) is 3. The van der Waals surface area contributed by atoms with Crippen LogP contribution in [0, 0.1) is 13.8 Å². The molecule has 0 saturated heterocycles. The first kappa shape index (κ1) is 13.4. The lowest BCUT2D eigenvalue weighted by atomic mass is 10.3. The van der Waals surface area contributed by atoms with Crippen molar-refractivity contribution >= 4 is 33.2 Å². The number of fused-ring (bicyclic) bond motifs is 1. The molecule has 104 valence electrons. The summed E-state index contributed by atoms with van der Waals surface area (Å²) in [6.07, 6.45) is 0. The van der Waals surface area contributed by atoms with E-state index in [4.69, 9.17) is 16.3 Å². The Morgan fingerprint density at radius 2 is 2.15 bits per heavy atom. The minimum atomic E-state index is 0.601. The minimum absolute atomic E-state index is 0.601. The highest BCUT2D eigenvalue weighted by atomic mass is 35.5. The molecule has 4 nitrogen and oxygen atoms in total. The number of aromatic nitrogens is 3. The quantitative estimate of drug-likeness (QED) is 0.729. The Bertz CT molecular complexity index is 778. The van der Waals surface area contributed by atoms with Gasteiger partial charge < -0.3 is 4.74 Å². The highest BCUT2D eigenvalue weighted by molar-refractivity contribution is 7.21. The molecule has 2 aromatic heterocycles. The molecule has 3 rings (SSSR count). The Balaban J connectivity index is 2.21. The van der Waals surface area contributed by atoms with E-state index in [-0.39, 0.29) is 0 Å². The molecule has 0 aliphatic heterocycles. The van der Waals surface area contributed by atoms with Gasteiger partial charge in [-0.1, -0.05) is 22.9 Å². The number of hydrogen-bond donors (Lipinski definition) is 0. The van der Waals surface area contributed by atoms with Gasteiger partial charge in [-0.25, -0.2) is 9.67 Å². The van der Waals surface area contributed by atoms with Crippen LogP contribution in [-0.4, -0.2) is 21.4 Å². The van der Waals surface area contributed by atoms with Gasteiger partial charge in [0.25, 0.3) is 0 Å². The smallest absolute Gasteiger partial charge is 0.211 e. The lowest BCUT2D eigenvalue weighted by molar-refractivity contribution is 0.343. The van der Waals surface area contributed by atoms with E-state index >= 15 is 0 Å². The van der Waals surface area contributed by atoms with E-state index in [1.54, 1.807) is 0 Å². The van der Waals surface area contributed by atoms with Crippen LogP contribution in [0.25, 0.3) is 15.3 Å². The number of hydrogen-bond acceptors (Lipinski definition) is 4. The van der Waals surface area contributed by atoms with Gasteiger partial charge in [-0.2, -0.15) is 5.10 Å². The third-order valence-electron chi connectivity index (χ3n) is 2.94. The molecule has 0 aliphatic carbocycles. The number of rotatable bonds is 3. The predicted octanol–water partition coefficient (Wildman–Crippen LogP) is 4.15. The van der Waals surface area contributed by atoms with Crippen molar-refractivity contribution in [1.29, 1.82) is 0 Å². The summed E-state index contributed by atoms with van der Waals surface area (Å²) in [5.41, 5.74) is 2.82. The molecule has 6 heteroatoms. The zero-order chi connectivity index (χ0) is 14.3. The largest absolute Gasteiger partial charge is 0.492 e. The standard InChI is InChI=1S/C14H14ClN3OS/c1-4-19-11-6-5-10(15)13-12(11)16-14(20-13)18-9(3)7-8(2)17-18/h5-7H,4H2,1-3H3. The lowest BCUT2D eigenvalue weighted by Gasteiger charge is -2.03. The van der Waals surface area contributed by atoms with Crippen molar-refractivity contribution in [3.63, 3.8) is 0 Å². The second-order valence-electron chi connectivity index (χ2n) is 4.49. The van der Waals surface area contributed by atoms with Gasteiger partial charge in [-0.3, -0.25) is 0 Å². The van der Waals surface area contributed by atoms with E-state index in [2.05, 4.69) is 10.1 Å². The van der Waals surface area contributed by atoms with E-state index < -0.39 is 0 Å². The van der Waals surface area contributed by atoms with Crippen molar-refractivity contribution in [3.05, 3.63) is 34.6 Å². The Morgan fingerprint density at radius 1 is 1.35 bits per heavy atom. The molecule has 0 aliphatic rings. The van der Waals surface area contributed by atoms with Gasteiger partial charge >= 0.3 is 0 Å². The van der Waals surface area contributed by atoms with Crippen LogP contribution in [0.5, 0.6) is 5.75 Å². The zero-order valence-corrected chi connectivity index (χ0v) is 13.0. The van der Waals surface area contributed by atoms with Crippen LogP contribution in [0.4, 0.5) is 0 Å². The Morgan fingerprint density at radius 3 is 2.80 bits per heavy atom. The maximum absolute atomic E-state index is 6.26. The van der Waals surface area contributed by atoms with E-state index in [9.17, 15) is 0 Å². The van der Waals surface area contributed by atoms with Crippen molar-refractivity contribution in [1.82, 2.24) is 14.8 Å². The van der Waals surface area contributed by atoms with Crippen LogP contribution in [-0.2, 0) is 0 Å². The van der Waals surface area contributed by atoms with Gasteiger partial charge in [0.1, 0.15) is 11.3 Å². The van der Waals surface area contributed by atoms with E-state index in [0.29, 0.717) is 11.6 Å². The first-order chi connectivity index (χ1) is 9.60. The molecular weight excluding hydrogens is 294 g/mol. The summed E-state index contributed by atoms with van der Waals surface area (Å²) < 4.78 is 8.38. The Hall–Kier alpha value is -1.59. The first-order valence-corrected chi connectivity index (χ1v) is 7.55. The van der Waals surface area contributed by atoms with Gasteiger partial charge in [0.05, 0.1) is 22.0 Å². The van der Waals surface area contributed by atoms with Crippen molar-refractivity contribution in [2.45, 2.75) is 20.8 Å². The Labute approximate surface area is 126 Å². The SMILES string of the molecule is CCOc1ccc(Cl)c2sc(-n3nc(C)cc3C)nc12. The zero-order valence-electron chi connectivity index (χ0n) is 11.5. The normalized spacial score (nSPS) is 11.2. The van der Waals surface area contributed by atoms with Crippen molar-refractivity contribution in [2.24, 2.45) is 0 Å². The van der Waals surface area contributed by atoms with E-state index in [1.807, 2.05) is 43.7 Å². The van der Waals surface area contributed by atoms with Crippen molar-refractivity contribution in [3.8, 4) is 10.9 Å². The topological polar surface area (TPSA) is 39.9 Å². The van der Waals surface area contributed by atoms with Crippen LogP contribution in [0.1, 0.15) is 18.3 Å². The number of benzene rings is 1. The molecule has 0 N–H and O–H groups in total. The molecule has 0 bridgehead atoms.